The van der Waals surface area contributed by atoms with Crippen molar-refractivity contribution in [2.45, 2.75) is 32.4 Å². The Labute approximate surface area is 144 Å². The van der Waals surface area contributed by atoms with E-state index < -0.39 is 17.6 Å². The standard InChI is InChI=1S/C18H21F3N2O2/c1-2-23(17(25)13-8-4-3-5-9-13)12-16(24)22-15-11-7-6-10-14(15)18(19,20)21/h3-4,6-7,10-11,13H,2,5,8-9,12H2,1H3,(H,22,24)/t13-/m0/s1. The molecule has 7 heteroatoms. The summed E-state index contributed by atoms with van der Waals surface area (Å²) >= 11 is 0. The van der Waals surface area contributed by atoms with Gasteiger partial charge in [-0.2, -0.15) is 13.2 Å². The third kappa shape index (κ3) is 5.08. The van der Waals surface area contributed by atoms with Crippen LogP contribution in [0.1, 0.15) is 31.7 Å². The predicted octanol–water partition coefficient (Wildman–Crippen LogP) is 3.85. The van der Waals surface area contributed by atoms with Gasteiger partial charge in [-0.1, -0.05) is 24.3 Å². The minimum atomic E-state index is -4.56. The highest BCUT2D eigenvalue weighted by Gasteiger charge is 2.33. The Morgan fingerprint density at radius 2 is 1.96 bits per heavy atom. The van der Waals surface area contributed by atoms with E-state index in [9.17, 15) is 22.8 Å². The number of anilines is 1. The summed E-state index contributed by atoms with van der Waals surface area (Å²) in [5.74, 6) is -0.940. The van der Waals surface area contributed by atoms with E-state index in [0.717, 1.165) is 18.9 Å². The molecule has 1 atom stereocenters. The van der Waals surface area contributed by atoms with Gasteiger partial charge in [0.25, 0.3) is 0 Å². The van der Waals surface area contributed by atoms with Crippen LogP contribution < -0.4 is 5.32 Å². The summed E-state index contributed by atoms with van der Waals surface area (Å²) in [5.41, 5.74) is -1.21. The summed E-state index contributed by atoms with van der Waals surface area (Å²) in [7, 11) is 0. The highest BCUT2D eigenvalue weighted by molar-refractivity contribution is 5.95. The van der Waals surface area contributed by atoms with Gasteiger partial charge in [0.05, 0.1) is 17.8 Å². The van der Waals surface area contributed by atoms with E-state index in [-0.39, 0.29) is 24.1 Å². The monoisotopic (exact) mass is 354 g/mol. The van der Waals surface area contributed by atoms with E-state index in [2.05, 4.69) is 5.32 Å². The van der Waals surface area contributed by atoms with Crippen molar-refractivity contribution in [3.63, 3.8) is 0 Å². The summed E-state index contributed by atoms with van der Waals surface area (Å²) in [6.45, 7) is 1.81. The number of hydrogen-bond acceptors (Lipinski definition) is 2. The van der Waals surface area contributed by atoms with Crippen molar-refractivity contribution in [3.8, 4) is 0 Å². The lowest BCUT2D eigenvalue weighted by molar-refractivity contribution is -0.139. The predicted molar refractivity (Wildman–Crippen MR) is 88.8 cm³/mol. The van der Waals surface area contributed by atoms with Gasteiger partial charge in [-0.15, -0.1) is 0 Å². The first-order chi connectivity index (χ1) is 11.8. The molecule has 0 heterocycles. The van der Waals surface area contributed by atoms with Crippen molar-refractivity contribution < 1.29 is 22.8 Å². The second-order valence-corrected chi connectivity index (χ2v) is 5.93. The third-order valence-corrected chi connectivity index (χ3v) is 4.15. The molecular weight excluding hydrogens is 333 g/mol. The number of rotatable bonds is 5. The molecule has 0 fully saturated rings. The number of carbonyl (C=O) groups excluding carboxylic acids is 2. The lowest BCUT2D eigenvalue weighted by atomic mass is 9.93. The molecule has 2 amide bonds. The van der Waals surface area contributed by atoms with E-state index in [1.54, 1.807) is 6.92 Å². The van der Waals surface area contributed by atoms with Crippen LogP contribution in [-0.2, 0) is 15.8 Å². The average molecular weight is 354 g/mol. The van der Waals surface area contributed by atoms with Gasteiger partial charge in [0.1, 0.15) is 0 Å². The average Bonchev–Trinajstić information content (AvgIpc) is 2.59. The van der Waals surface area contributed by atoms with E-state index in [0.29, 0.717) is 13.0 Å². The quantitative estimate of drug-likeness (QED) is 0.817. The first-order valence-corrected chi connectivity index (χ1v) is 8.22. The molecule has 2 rings (SSSR count). The minimum absolute atomic E-state index is 0.133. The van der Waals surface area contributed by atoms with Gasteiger partial charge < -0.3 is 10.2 Å². The van der Waals surface area contributed by atoms with E-state index in [1.165, 1.54) is 23.1 Å². The Bertz CT molecular complexity index is 656. The zero-order chi connectivity index (χ0) is 18.4. The van der Waals surface area contributed by atoms with Gasteiger partial charge in [-0.25, -0.2) is 0 Å². The number of hydrogen-bond donors (Lipinski definition) is 1. The van der Waals surface area contributed by atoms with Crippen LogP contribution in [0.2, 0.25) is 0 Å². The molecule has 1 aliphatic carbocycles. The van der Waals surface area contributed by atoms with Crippen LogP contribution in [0.4, 0.5) is 18.9 Å². The van der Waals surface area contributed by atoms with Crippen molar-refractivity contribution in [1.82, 2.24) is 4.90 Å². The fourth-order valence-electron chi connectivity index (χ4n) is 2.82. The molecule has 1 aromatic rings. The largest absolute Gasteiger partial charge is 0.418 e. The second-order valence-electron chi connectivity index (χ2n) is 5.93. The molecule has 0 saturated carbocycles. The Hall–Kier alpha value is -2.31. The lowest BCUT2D eigenvalue weighted by Gasteiger charge is -2.26. The van der Waals surface area contributed by atoms with Crippen LogP contribution in [0.25, 0.3) is 0 Å². The second kappa shape index (κ2) is 8.18. The number of halogens is 3. The number of nitrogens with zero attached hydrogens (tertiary/aromatic N) is 1. The van der Waals surface area contributed by atoms with E-state index >= 15 is 0 Å². The van der Waals surface area contributed by atoms with Crippen molar-refractivity contribution in [2.75, 3.05) is 18.4 Å². The Balaban J connectivity index is 2.03. The van der Waals surface area contributed by atoms with E-state index in [4.69, 9.17) is 0 Å². The zero-order valence-electron chi connectivity index (χ0n) is 14.0. The van der Waals surface area contributed by atoms with Crippen molar-refractivity contribution in [3.05, 3.63) is 42.0 Å². The number of allylic oxidation sites excluding steroid dienone is 2. The third-order valence-electron chi connectivity index (χ3n) is 4.15. The lowest BCUT2D eigenvalue weighted by Crippen LogP contribution is -2.41. The molecule has 0 bridgehead atoms. The number of alkyl halides is 3. The number of benzene rings is 1. The number of para-hydroxylation sites is 1. The maximum absolute atomic E-state index is 13.0. The Morgan fingerprint density at radius 3 is 2.56 bits per heavy atom. The summed E-state index contributed by atoms with van der Waals surface area (Å²) in [4.78, 5) is 26.0. The number of carbonyl (C=O) groups is 2. The summed E-state index contributed by atoms with van der Waals surface area (Å²) in [6, 6.07) is 4.79. The van der Waals surface area contributed by atoms with Crippen LogP contribution in [0, 0.1) is 5.92 Å². The van der Waals surface area contributed by atoms with E-state index in [1.807, 2.05) is 12.2 Å². The number of nitrogens with one attached hydrogen (secondary N) is 1. The van der Waals surface area contributed by atoms with Gasteiger partial charge >= 0.3 is 6.18 Å². The summed E-state index contributed by atoms with van der Waals surface area (Å²) < 4.78 is 38.9. The molecule has 0 spiro atoms. The molecule has 4 nitrogen and oxygen atoms in total. The van der Waals surface area contributed by atoms with Crippen LogP contribution >= 0.6 is 0 Å². The summed E-state index contributed by atoms with van der Waals surface area (Å²) in [6.07, 6.45) is 1.58. The van der Waals surface area contributed by atoms with Crippen LogP contribution in [0.5, 0.6) is 0 Å². The molecule has 1 aromatic carbocycles. The number of amides is 2. The molecular formula is C18H21F3N2O2. The number of likely N-dealkylation sites (N-methyl/N-ethyl adjacent to an activating group) is 1. The topological polar surface area (TPSA) is 49.4 Å². The van der Waals surface area contributed by atoms with Gasteiger partial charge in [-0.05, 0) is 38.3 Å². The maximum atomic E-state index is 13.0. The maximum Gasteiger partial charge on any atom is 0.418 e. The fraction of sp³-hybridized carbons (Fsp3) is 0.444. The molecule has 0 unspecified atom stereocenters. The molecule has 0 aliphatic heterocycles. The molecule has 0 aromatic heterocycles. The zero-order valence-corrected chi connectivity index (χ0v) is 14.0. The minimum Gasteiger partial charge on any atom is -0.333 e. The molecule has 25 heavy (non-hydrogen) atoms. The molecule has 1 N–H and O–H groups in total. The van der Waals surface area contributed by atoms with Crippen molar-refractivity contribution in [2.24, 2.45) is 5.92 Å². The van der Waals surface area contributed by atoms with Crippen molar-refractivity contribution >= 4 is 17.5 Å². The van der Waals surface area contributed by atoms with Gasteiger partial charge in [0.15, 0.2) is 0 Å². The van der Waals surface area contributed by atoms with Crippen molar-refractivity contribution in [1.29, 1.82) is 0 Å². The molecule has 1 aliphatic rings. The molecule has 0 radical (unpaired) electrons. The molecule has 0 saturated heterocycles. The molecule has 136 valence electrons. The smallest absolute Gasteiger partial charge is 0.333 e. The van der Waals surface area contributed by atoms with Gasteiger partial charge in [0, 0.05) is 12.5 Å². The van der Waals surface area contributed by atoms with Crippen LogP contribution in [0.15, 0.2) is 36.4 Å². The summed E-state index contributed by atoms with van der Waals surface area (Å²) in [5, 5.41) is 2.27. The Morgan fingerprint density at radius 1 is 1.24 bits per heavy atom. The SMILES string of the molecule is CCN(CC(=O)Nc1ccccc1C(F)(F)F)C(=O)[C@H]1CC=CCC1. The normalized spacial score (nSPS) is 17.2. The van der Waals surface area contributed by atoms with Gasteiger partial charge in [0.2, 0.25) is 11.8 Å². The van der Waals surface area contributed by atoms with Crippen LogP contribution in [-0.4, -0.2) is 29.8 Å². The van der Waals surface area contributed by atoms with Crippen LogP contribution in [0.3, 0.4) is 0 Å². The highest BCUT2D eigenvalue weighted by atomic mass is 19.4. The van der Waals surface area contributed by atoms with Gasteiger partial charge in [-0.3, -0.25) is 9.59 Å². The fourth-order valence-corrected chi connectivity index (χ4v) is 2.82. The highest BCUT2D eigenvalue weighted by Crippen LogP contribution is 2.34. The first kappa shape index (κ1) is 19.0. The Kier molecular flexibility index (Phi) is 6.22. The first-order valence-electron chi connectivity index (χ1n) is 8.22.